The summed E-state index contributed by atoms with van der Waals surface area (Å²) in [5.74, 6) is 0.406. The molecule has 1 amide bonds. The van der Waals surface area contributed by atoms with Crippen molar-refractivity contribution in [2.45, 2.75) is 18.8 Å². The third-order valence-corrected chi connectivity index (χ3v) is 6.15. The van der Waals surface area contributed by atoms with E-state index in [0.29, 0.717) is 15.9 Å². The van der Waals surface area contributed by atoms with Crippen LogP contribution < -0.4 is 10.6 Å². The van der Waals surface area contributed by atoms with E-state index in [2.05, 4.69) is 20.0 Å². The van der Waals surface area contributed by atoms with Crippen LogP contribution >= 0.6 is 22.9 Å². The molecule has 2 aromatic heterocycles. The van der Waals surface area contributed by atoms with Gasteiger partial charge in [-0.25, -0.2) is 4.98 Å². The Balaban J connectivity index is 1.44. The van der Waals surface area contributed by atoms with Crippen molar-refractivity contribution in [3.05, 3.63) is 52.3 Å². The number of carbonyl (C=O) groups is 1. The van der Waals surface area contributed by atoms with Crippen molar-refractivity contribution >= 4 is 33.9 Å². The summed E-state index contributed by atoms with van der Waals surface area (Å²) in [7, 11) is 0. The molecule has 0 aliphatic carbocycles. The van der Waals surface area contributed by atoms with Crippen LogP contribution in [0.25, 0.3) is 11.3 Å². The normalized spacial score (nSPS) is 15.2. The van der Waals surface area contributed by atoms with Gasteiger partial charge in [-0.15, -0.1) is 11.3 Å². The number of nitrogens with zero attached hydrogens (tertiary/aromatic N) is 2. The van der Waals surface area contributed by atoms with Gasteiger partial charge in [0, 0.05) is 16.6 Å². The molecular formula is C18H18N4OS2. The van der Waals surface area contributed by atoms with Crippen molar-refractivity contribution in [2.75, 3.05) is 18.4 Å². The average Bonchev–Trinajstić information content (AvgIpc) is 3.33. The second-order valence-corrected chi connectivity index (χ2v) is 7.86. The first-order valence-corrected chi connectivity index (χ1v) is 9.88. The fourth-order valence-corrected chi connectivity index (χ4v) is 4.56. The molecule has 3 heterocycles. The van der Waals surface area contributed by atoms with Gasteiger partial charge in [-0.05, 0) is 49.4 Å². The zero-order valence-corrected chi connectivity index (χ0v) is 15.2. The summed E-state index contributed by atoms with van der Waals surface area (Å²) in [5, 5.41) is 6.94. The first-order chi connectivity index (χ1) is 12.3. The predicted molar refractivity (Wildman–Crippen MR) is 102 cm³/mol. The standard InChI is InChI=1S/C18H18N4OS2/c23-17(15-10-14(22-25-15)12-4-2-1-3-5-12)21-18-20-11-16(24-18)13-6-8-19-9-7-13/h1-5,10-11,13,19H,6-9H2,(H,20,21,23). The van der Waals surface area contributed by atoms with Gasteiger partial charge in [-0.1, -0.05) is 30.3 Å². The molecule has 1 aromatic carbocycles. The highest BCUT2D eigenvalue weighted by atomic mass is 32.1. The van der Waals surface area contributed by atoms with Crippen LogP contribution in [0.1, 0.15) is 33.3 Å². The number of anilines is 1. The Kier molecular flexibility index (Phi) is 4.87. The summed E-state index contributed by atoms with van der Waals surface area (Å²) in [5.41, 5.74) is 1.84. The van der Waals surface area contributed by atoms with Gasteiger partial charge in [0.05, 0.1) is 5.69 Å². The minimum Gasteiger partial charge on any atom is -0.317 e. The highest BCUT2D eigenvalue weighted by Gasteiger charge is 2.19. The van der Waals surface area contributed by atoms with Crippen LogP contribution in [-0.4, -0.2) is 28.4 Å². The maximum Gasteiger partial charge on any atom is 0.269 e. The SMILES string of the molecule is O=C(Nc1ncc(C2CCNCC2)s1)c1cc(-c2ccccc2)ns1. The predicted octanol–water partition coefficient (Wildman–Crippen LogP) is 3.99. The summed E-state index contributed by atoms with van der Waals surface area (Å²) in [6, 6.07) is 11.7. The highest BCUT2D eigenvalue weighted by Crippen LogP contribution is 2.32. The van der Waals surface area contributed by atoms with E-state index < -0.39 is 0 Å². The third kappa shape index (κ3) is 3.78. The molecule has 2 N–H and O–H groups in total. The van der Waals surface area contributed by atoms with Gasteiger partial charge in [0.25, 0.3) is 5.91 Å². The van der Waals surface area contributed by atoms with Crippen LogP contribution in [0, 0.1) is 0 Å². The monoisotopic (exact) mass is 370 g/mol. The molecule has 5 nitrogen and oxygen atoms in total. The van der Waals surface area contributed by atoms with Gasteiger partial charge in [0.1, 0.15) is 4.88 Å². The molecule has 4 rings (SSSR count). The number of amides is 1. The summed E-state index contributed by atoms with van der Waals surface area (Å²) in [6.07, 6.45) is 4.16. The van der Waals surface area contributed by atoms with Gasteiger partial charge in [0.2, 0.25) is 0 Å². The van der Waals surface area contributed by atoms with E-state index in [4.69, 9.17) is 0 Å². The summed E-state index contributed by atoms with van der Waals surface area (Å²) in [4.78, 5) is 18.7. The van der Waals surface area contributed by atoms with Gasteiger partial charge < -0.3 is 5.32 Å². The molecule has 0 atom stereocenters. The molecule has 1 fully saturated rings. The Hall–Kier alpha value is -2.09. The van der Waals surface area contributed by atoms with Crippen molar-refractivity contribution in [2.24, 2.45) is 0 Å². The molecular weight excluding hydrogens is 352 g/mol. The smallest absolute Gasteiger partial charge is 0.269 e. The molecule has 1 aliphatic heterocycles. The number of thiazole rings is 1. The number of hydrogen-bond donors (Lipinski definition) is 2. The Labute approximate surface area is 154 Å². The van der Waals surface area contributed by atoms with Crippen LogP contribution in [0.15, 0.2) is 42.6 Å². The van der Waals surface area contributed by atoms with E-state index in [1.165, 1.54) is 16.4 Å². The lowest BCUT2D eigenvalue weighted by Gasteiger charge is -2.20. The topological polar surface area (TPSA) is 66.9 Å². The maximum atomic E-state index is 12.5. The second kappa shape index (κ2) is 7.43. The average molecular weight is 371 g/mol. The molecule has 0 saturated carbocycles. The minimum atomic E-state index is -0.147. The first kappa shape index (κ1) is 16.4. The van der Waals surface area contributed by atoms with Crippen molar-refractivity contribution in [1.29, 1.82) is 0 Å². The Morgan fingerprint density at radius 2 is 2.00 bits per heavy atom. The molecule has 1 aliphatic rings. The minimum absolute atomic E-state index is 0.147. The zero-order chi connectivity index (χ0) is 17.1. The number of nitrogens with one attached hydrogen (secondary N) is 2. The van der Waals surface area contributed by atoms with Crippen LogP contribution in [0.4, 0.5) is 5.13 Å². The maximum absolute atomic E-state index is 12.5. The number of piperidine rings is 1. The van der Waals surface area contributed by atoms with E-state index in [0.717, 1.165) is 37.2 Å². The van der Waals surface area contributed by atoms with Crippen molar-refractivity contribution in [3.8, 4) is 11.3 Å². The summed E-state index contributed by atoms with van der Waals surface area (Å²) in [6.45, 7) is 2.10. The number of benzene rings is 1. The molecule has 7 heteroatoms. The second-order valence-electron chi connectivity index (χ2n) is 5.99. The molecule has 0 bridgehead atoms. The number of hydrogen-bond acceptors (Lipinski definition) is 6. The lowest BCUT2D eigenvalue weighted by atomic mass is 9.97. The van der Waals surface area contributed by atoms with E-state index in [-0.39, 0.29) is 5.91 Å². The van der Waals surface area contributed by atoms with E-state index in [9.17, 15) is 4.79 Å². The zero-order valence-electron chi connectivity index (χ0n) is 13.6. The lowest BCUT2D eigenvalue weighted by Crippen LogP contribution is -2.26. The van der Waals surface area contributed by atoms with E-state index in [1.807, 2.05) is 42.6 Å². The number of carbonyl (C=O) groups excluding carboxylic acids is 1. The lowest BCUT2D eigenvalue weighted by molar-refractivity contribution is 0.103. The van der Waals surface area contributed by atoms with Crippen molar-refractivity contribution < 1.29 is 4.79 Å². The van der Waals surface area contributed by atoms with Crippen LogP contribution in [0.3, 0.4) is 0 Å². The quantitative estimate of drug-likeness (QED) is 0.729. The van der Waals surface area contributed by atoms with Gasteiger partial charge in [-0.3, -0.25) is 10.1 Å². The molecule has 0 radical (unpaired) electrons. The first-order valence-electron chi connectivity index (χ1n) is 8.29. The molecule has 0 unspecified atom stereocenters. The Morgan fingerprint density at radius 1 is 1.20 bits per heavy atom. The fourth-order valence-electron chi connectivity index (χ4n) is 2.93. The highest BCUT2D eigenvalue weighted by molar-refractivity contribution is 7.16. The van der Waals surface area contributed by atoms with Crippen LogP contribution in [0.2, 0.25) is 0 Å². The third-order valence-electron chi connectivity index (χ3n) is 4.29. The van der Waals surface area contributed by atoms with Gasteiger partial charge in [0.15, 0.2) is 5.13 Å². The largest absolute Gasteiger partial charge is 0.317 e. The molecule has 3 aromatic rings. The van der Waals surface area contributed by atoms with Crippen molar-refractivity contribution in [1.82, 2.24) is 14.7 Å². The van der Waals surface area contributed by atoms with E-state index >= 15 is 0 Å². The van der Waals surface area contributed by atoms with Gasteiger partial charge >= 0.3 is 0 Å². The fraction of sp³-hybridized carbons (Fsp3) is 0.278. The van der Waals surface area contributed by atoms with Crippen LogP contribution in [0.5, 0.6) is 0 Å². The van der Waals surface area contributed by atoms with Gasteiger partial charge in [-0.2, -0.15) is 4.37 Å². The van der Waals surface area contributed by atoms with Crippen LogP contribution in [-0.2, 0) is 0 Å². The molecule has 25 heavy (non-hydrogen) atoms. The molecule has 0 spiro atoms. The number of rotatable bonds is 4. The molecule has 1 saturated heterocycles. The Bertz CT molecular complexity index is 853. The number of aromatic nitrogens is 2. The van der Waals surface area contributed by atoms with Crippen molar-refractivity contribution in [3.63, 3.8) is 0 Å². The summed E-state index contributed by atoms with van der Waals surface area (Å²) < 4.78 is 4.38. The summed E-state index contributed by atoms with van der Waals surface area (Å²) >= 11 is 2.79. The Morgan fingerprint density at radius 3 is 2.80 bits per heavy atom. The molecule has 128 valence electrons. The van der Waals surface area contributed by atoms with E-state index in [1.54, 1.807) is 11.3 Å².